The topological polar surface area (TPSA) is 72.5 Å². The lowest BCUT2D eigenvalue weighted by molar-refractivity contribution is -0.134. The lowest BCUT2D eigenvalue weighted by Crippen LogP contribution is -2.46. The number of carbonyl (C=O) groups is 1. The summed E-state index contributed by atoms with van der Waals surface area (Å²) in [5.74, 6) is 1.08. The molecule has 1 aromatic heterocycles. The Kier molecular flexibility index (Phi) is 3.99. The number of nitrogens with zero attached hydrogens (tertiary/aromatic N) is 3. The molecule has 2 saturated heterocycles. The molecule has 1 aromatic rings. The molecule has 6 heteroatoms. The van der Waals surface area contributed by atoms with Crippen LogP contribution in [0.1, 0.15) is 38.9 Å². The van der Waals surface area contributed by atoms with Crippen LogP contribution in [0.25, 0.3) is 0 Å². The molecule has 2 N–H and O–H groups in total. The standard InChI is InChI=1S/C16H26N4O2/c1-13(22)20-11-16(10-15(20,2)12-21)3-7-19(8-4-16)9-14-17-5-6-18-14/h5-6,21H,3-4,7-12H2,1-2H3,(H,17,18)/t15-/m1/s1. The van der Waals surface area contributed by atoms with Crippen molar-refractivity contribution in [2.75, 3.05) is 26.2 Å². The number of carbonyl (C=O) groups excluding carboxylic acids is 1. The number of aromatic amines is 1. The first-order valence-corrected chi connectivity index (χ1v) is 8.06. The van der Waals surface area contributed by atoms with Gasteiger partial charge in [-0.25, -0.2) is 4.98 Å². The van der Waals surface area contributed by atoms with Crippen LogP contribution in [-0.4, -0.2) is 62.6 Å². The van der Waals surface area contributed by atoms with Gasteiger partial charge in [0, 0.05) is 25.9 Å². The van der Waals surface area contributed by atoms with Crippen LogP contribution >= 0.6 is 0 Å². The summed E-state index contributed by atoms with van der Waals surface area (Å²) in [6, 6.07) is 0. The monoisotopic (exact) mass is 306 g/mol. The van der Waals surface area contributed by atoms with Crippen LogP contribution in [-0.2, 0) is 11.3 Å². The number of piperidine rings is 1. The number of hydrogen-bond donors (Lipinski definition) is 2. The molecule has 2 aliphatic rings. The highest BCUT2D eigenvalue weighted by atomic mass is 16.3. The third-order valence-electron chi connectivity index (χ3n) is 5.47. The fraction of sp³-hybridized carbons (Fsp3) is 0.750. The van der Waals surface area contributed by atoms with E-state index in [0.29, 0.717) is 0 Å². The van der Waals surface area contributed by atoms with E-state index in [0.717, 1.165) is 51.3 Å². The van der Waals surface area contributed by atoms with Gasteiger partial charge in [0.25, 0.3) is 0 Å². The Balaban J connectivity index is 1.64. The average molecular weight is 306 g/mol. The number of amides is 1. The number of aliphatic hydroxyl groups excluding tert-OH is 1. The Morgan fingerprint density at radius 1 is 1.45 bits per heavy atom. The van der Waals surface area contributed by atoms with Gasteiger partial charge in [-0.1, -0.05) is 0 Å². The van der Waals surface area contributed by atoms with Crippen LogP contribution in [0.4, 0.5) is 0 Å². The lowest BCUT2D eigenvalue weighted by atomic mass is 9.74. The molecule has 22 heavy (non-hydrogen) atoms. The number of hydrogen-bond acceptors (Lipinski definition) is 4. The number of H-pyrrole nitrogens is 1. The Hall–Kier alpha value is -1.40. The molecule has 3 heterocycles. The molecule has 3 rings (SSSR count). The summed E-state index contributed by atoms with van der Waals surface area (Å²) in [7, 11) is 0. The third kappa shape index (κ3) is 2.77. The van der Waals surface area contributed by atoms with Gasteiger partial charge in [-0.15, -0.1) is 0 Å². The molecule has 1 spiro atoms. The van der Waals surface area contributed by atoms with E-state index < -0.39 is 5.54 Å². The fourth-order valence-corrected chi connectivity index (χ4v) is 4.23. The second-order valence-electron chi connectivity index (χ2n) is 7.25. The highest BCUT2D eigenvalue weighted by Gasteiger charge is 2.52. The van der Waals surface area contributed by atoms with Gasteiger partial charge in [0.2, 0.25) is 5.91 Å². The molecule has 1 amide bonds. The predicted molar refractivity (Wildman–Crippen MR) is 83.0 cm³/mol. The van der Waals surface area contributed by atoms with Crippen molar-refractivity contribution >= 4 is 5.91 Å². The van der Waals surface area contributed by atoms with Crippen molar-refractivity contribution in [2.24, 2.45) is 5.41 Å². The maximum atomic E-state index is 11.9. The van der Waals surface area contributed by atoms with Crippen LogP contribution < -0.4 is 0 Å². The summed E-state index contributed by atoms with van der Waals surface area (Å²) in [6.07, 6.45) is 6.70. The molecule has 0 aliphatic carbocycles. The maximum absolute atomic E-state index is 11.9. The Morgan fingerprint density at radius 2 is 2.18 bits per heavy atom. The molecular weight excluding hydrogens is 280 g/mol. The highest BCUT2D eigenvalue weighted by Crippen LogP contribution is 2.48. The van der Waals surface area contributed by atoms with Crippen molar-refractivity contribution in [2.45, 2.75) is 45.2 Å². The second kappa shape index (κ2) is 5.66. The number of aromatic nitrogens is 2. The van der Waals surface area contributed by atoms with Gasteiger partial charge in [-0.2, -0.15) is 0 Å². The minimum Gasteiger partial charge on any atom is -0.394 e. The fourth-order valence-electron chi connectivity index (χ4n) is 4.23. The first-order valence-electron chi connectivity index (χ1n) is 8.06. The maximum Gasteiger partial charge on any atom is 0.219 e. The van der Waals surface area contributed by atoms with Crippen LogP contribution in [0.3, 0.4) is 0 Å². The molecule has 0 saturated carbocycles. The number of imidazole rings is 1. The van der Waals surface area contributed by atoms with Gasteiger partial charge >= 0.3 is 0 Å². The van der Waals surface area contributed by atoms with Crippen molar-refractivity contribution in [3.8, 4) is 0 Å². The number of nitrogens with one attached hydrogen (secondary N) is 1. The van der Waals surface area contributed by atoms with Crippen molar-refractivity contribution < 1.29 is 9.90 Å². The summed E-state index contributed by atoms with van der Waals surface area (Å²) >= 11 is 0. The Labute approximate surface area is 131 Å². The molecule has 122 valence electrons. The van der Waals surface area contributed by atoms with Gasteiger partial charge in [0.15, 0.2) is 0 Å². The van der Waals surface area contributed by atoms with E-state index >= 15 is 0 Å². The van der Waals surface area contributed by atoms with Crippen LogP contribution in [0.15, 0.2) is 12.4 Å². The molecule has 0 radical (unpaired) electrons. The van der Waals surface area contributed by atoms with E-state index in [1.807, 2.05) is 18.0 Å². The van der Waals surface area contributed by atoms with Crippen molar-refractivity contribution in [3.05, 3.63) is 18.2 Å². The van der Waals surface area contributed by atoms with Crippen LogP contribution in [0.5, 0.6) is 0 Å². The van der Waals surface area contributed by atoms with Gasteiger partial charge in [0.1, 0.15) is 5.82 Å². The zero-order valence-electron chi connectivity index (χ0n) is 13.5. The first kappa shape index (κ1) is 15.5. The smallest absolute Gasteiger partial charge is 0.219 e. The third-order valence-corrected chi connectivity index (χ3v) is 5.47. The van der Waals surface area contributed by atoms with Gasteiger partial charge in [-0.05, 0) is 44.7 Å². The zero-order chi connectivity index (χ0) is 15.8. The van der Waals surface area contributed by atoms with Gasteiger partial charge < -0.3 is 15.0 Å². The van der Waals surface area contributed by atoms with E-state index in [1.54, 1.807) is 13.1 Å². The quantitative estimate of drug-likeness (QED) is 0.874. The largest absolute Gasteiger partial charge is 0.394 e. The van der Waals surface area contributed by atoms with Gasteiger partial charge in [-0.3, -0.25) is 9.69 Å². The molecule has 0 unspecified atom stereocenters. The van der Waals surface area contributed by atoms with E-state index in [1.165, 1.54) is 0 Å². The van der Waals surface area contributed by atoms with Crippen LogP contribution in [0.2, 0.25) is 0 Å². The molecule has 2 aliphatic heterocycles. The number of rotatable bonds is 3. The Morgan fingerprint density at radius 3 is 2.68 bits per heavy atom. The summed E-state index contributed by atoms with van der Waals surface area (Å²) < 4.78 is 0. The summed E-state index contributed by atoms with van der Waals surface area (Å²) in [5, 5.41) is 9.77. The minimum absolute atomic E-state index is 0.0461. The van der Waals surface area contributed by atoms with E-state index in [-0.39, 0.29) is 17.9 Å². The molecular formula is C16H26N4O2. The molecule has 0 aromatic carbocycles. The molecule has 2 fully saturated rings. The number of likely N-dealkylation sites (tertiary alicyclic amines) is 2. The first-order chi connectivity index (χ1) is 10.5. The van der Waals surface area contributed by atoms with E-state index in [4.69, 9.17) is 0 Å². The van der Waals surface area contributed by atoms with Crippen molar-refractivity contribution in [3.63, 3.8) is 0 Å². The van der Waals surface area contributed by atoms with E-state index in [2.05, 4.69) is 14.9 Å². The van der Waals surface area contributed by atoms with Crippen molar-refractivity contribution in [1.82, 2.24) is 19.8 Å². The predicted octanol–water partition coefficient (Wildman–Crippen LogP) is 0.995. The zero-order valence-corrected chi connectivity index (χ0v) is 13.5. The second-order valence-corrected chi connectivity index (χ2v) is 7.25. The molecule has 1 atom stereocenters. The summed E-state index contributed by atoms with van der Waals surface area (Å²) in [6.45, 7) is 7.36. The normalized spacial score (nSPS) is 28.4. The summed E-state index contributed by atoms with van der Waals surface area (Å²) in [4.78, 5) is 23.7. The Bertz CT molecular complexity index is 522. The molecule has 0 bridgehead atoms. The van der Waals surface area contributed by atoms with Crippen molar-refractivity contribution in [1.29, 1.82) is 0 Å². The SMILES string of the molecule is CC(=O)N1CC2(CCN(Cc3ncc[nH]3)CC2)C[C@]1(C)CO. The van der Waals surface area contributed by atoms with Crippen LogP contribution in [0, 0.1) is 5.41 Å². The average Bonchev–Trinajstić information content (AvgIpc) is 3.09. The highest BCUT2D eigenvalue weighted by molar-refractivity contribution is 5.74. The van der Waals surface area contributed by atoms with Gasteiger partial charge in [0.05, 0.1) is 18.7 Å². The molecule has 6 nitrogen and oxygen atoms in total. The lowest BCUT2D eigenvalue weighted by Gasteiger charge is -2.39. The van der Waals surface area contributed by atoms with E-state index in [9.17, 15) is 9.90 Å². The summed E-state index contributed by atoms with van der Waals surface area (Å²) in [5.41, 5.74) is -0.224. The minimum atomic E-state index is -0.394. The number of aliphatic hydroxyl groups is 1.